The van der Waals surface area contributed by atoms with Crippen LogP contribution < -0.4 is 16.4 Å². The lowest BCUT2D eigenvalue weighted by atomic mass is 10.0. The minimum atomic E-state index is -0.837. The van der Waals surface area contributed by atoms with E-state index < -0.39 is 17.9 Å². The number of hydrogen-bond donors (Lipinski definition) is 4. The zero-order valence-corrected chi connectivity index (χ0v) is 15.9. The smallest absolute Gasteiger partial charge is 0.308 e. The van der Waals surface area contributed by atoms with Gasteiger partial charge in [-0.3, -0.25) is 14.6 Å². The molecule has 1 heterocycles. The Morgan fingerprint density at radius 1 is 1.25 bits per heavy atom. The van der Waals surface area contributed by atoms with Gasteiger partial charge >= 0.3 is 5.97 Å². The van der Waals surface area contributed by atoms with Crippen LogP contribution in [-0.2, 0) is 16.1 Å². The van der Waals surface area contributed by atoms with Gasteiger partial charge in [-0.05, 0) is 43.9 Å². The number of para-hydroxylation sites is 1. The van der Waals surface area contributed by atoms with Crippen LogP contribution in [0.1, 0.15) is 37.7 Å². The number of nitrogens with one attached hydrogen (secondary N) is 2. The Kier molecular flexibility index (Phi) is 6.95. The highest BCUT2D eigenvalue weighted by atomic mass is 16.4. The van der Waals surface area contributed by atoms with Crippen LogP contribution in [0.5, 0.6) is 0 Å². The highest BCUT2D eigenvalue weighted by Gasteiger charge is 2.35. The van der Waals surface area contributed by atoms with E-state index in [0.717, 1.165) is 22.9 Å². The van der Waals surface area contributed by atoms with Gasteiger partial charge < -0.3 is 21.5 Å². The summed E-state index contributed by atoms with van der Waals surface area (Å²) in [5.74, 6) is -1.49. The number of aliphatic carboxylic acids is 1. The van der Waals surface area contributed by atoms with Gasteiger partial charge in [0.1, 0.15) is 0 Å². The molecule has 1 aromatic heterocycles. The Morgan fingerprint density at radius 3 is 2.86 bits per heavy atom. The predicted octanol–water partition coefficient (Wildman–Crippen LogP) is 1.80. The lowest BCUT2D eigenvalue weighted by Gasteiger charge is -2.23. The molecule has 0 spiro atoms. The summed E-state index contributed by atoms with van der Waals surface area (Å²) >= 11 is 0. The number of hydrogen-bond acceptors (Lipinski definition) is 5. The number of carboxylic acids is 1. The molecule has 3 atom stereocenters. The third kappa shape index (κ3) is 4.85. The van der Waals surface area contributed by atoms with Gasteiger partial charge in [0, 0.05) is 24.2 Å². The van der Waals surface area contributed by atoms with E-state index in [1.807, 2.05) is 30.3 Å². The number of benzene rings is 1. The molecule has 2 aromatic rings. The highest BCUT2D eigenvalue weighted by Crippen LogP contribution is 2.26. The second-order valence-electron chi connectivity index (χ2n) is 7.35. The van der Waals surface area contributed by atoms with Crippen molar-refractivity contribution in [3.05, 3.63) is 42.1 Å². The number of rotatable bonds is 9. The van der Waals surface area contributed by atoms with E-state index in [0.29, 0.717) is 38.8 Å². The van der Waals surface area contributed by atoms with Crippen molar-refractivity contribution in [3.63, 3.8) is 0 Å². The zero-order chi connectivity index (χ0) is 19.9. The summed E-state index contributed by atoms with van der Waals surface area (Å²) in [6, 6.07) is 9.18. The van der Waals surface area contributed by atoms with E-state index in [4.69, 9.17) is 5.73 Å². The number of nitrogens with two attached hydrogens (primary N) is 1. The molecule has 0 bridgehead atoms. The highest BCUT2D eigenvalue weighted by molar-refractivity contribution is 5.84. The van der Waals surface area contributed by atoms with Crippen LogP contribution in [0.25, 0.3) is 10.9 Å². The Balaban J connectivity index is 1.67. The Hall–Kier alpha value is -2.51. The minimum absolute atomic E-state index is 0.153. The summed E-state index contributed by atoms with van der Waals surface area (Å²) in [4.78, 5) is 28.7. The normalized spacial score (nSPS) is 20.2. The van der Waals surface area contributed by atoms with E-state index in [2.05, 4.69) is 15.6 Å². The molecular weight excluding hydrogens is 356 g/mol. The molecule has 1 fully saturated rings. The molecule has 3 rings (SSSR count). The summed E-state index contributed by atoms with van der Waals surface area (Å²) in [6.45, 7) is 1.01. The first-order chi connectivity index (χ1) is 13.6. The SMILES string of the molecule is NCCC[C@H](NCc1cccc2cccnc12)C(=O)N[C@H]1CCC[C@H]1C(=O)O. The molecule has 0 radical (unpaired) electrons. The van der Waals surface area contributed by atoms with Crippen molar-refractivity contribution in [2.24, 2.45) is 11.7 Å². The number of carboxylic acid groups (broad SMARTS) is 1. The average molecular weight is 384 g/mol. The van der Waals surface area contributed by atoms with Crippen LogP contribution >= 0.6 is 0 Å². The molecular formula is C21H28N4O3. The summed E-state index contributed by atoms with van der Waals surface area (Å²) in [5, 5.41) is 16.7. The van der Waals surface area contributed by atoms with Gasteiger partial charge in [0.05, 0.1) is 17.5 Å². The topological polar surface area (TPSA) is 117 Å². The second kappa shape index (κ2) is 9.61. The molecule has 1 aromatic carbocycles. The number of fused-ring (bicyclic) bond motifs is 1. The molecule has 5 N–H and O–H groups in total. The van der Waals surface area contributed by atoms with Crippen molar-refractivity contribution in [1.29, 1.82) is 0 Å². The summed E-state index contributed by atoms with van der Waals surface area (Å²) in [5.41, 5.74) is 7.57. The molecule has 0 aliphatic heterocycles. The first-order valence-corrected chi connectivity index (χ1v) is 9.89. The van der Waals surface area contributed by atoms with Crippen LogP contribution in [0.2, 0.25) is 0 Å². The average Bonchev–Trinajstić information content (AvgIpc) is 3.16. The van der Waals surface area contributed by atoms with Gasteiger partial charge in [0.15, 0.2) is 0 Å². The molecule has 1 aliphatic carbocycles. The van der Waals surface area contributed by atoms with Crippen LogP contribution in [0.3, 0.4) is 0 Å². The minimum Gasteiger partial charge on any atom is -0.481 e. The van der Waals surface area contributed by atoms with Crippen molar-refractivity contribution >= 4 is 22.8 Å². The third-order valence-electron chi connectivity index (χ3n) is 5.43. The lowest BCUT2D eigenvalue weighted by Crippen LogP contribution is -2.49. The number of amides is 1. The van der Waals surface area contributed by atoms with Crippen LogP contribution in [-0.4, -0.2) is 40.6 Å². The maximum absolute atomic E-state index is 12.8. The van der Waals surface area contributed by atoms with Gasteiger partial charge in [0.25, 0.3) is 0 Å². The van der Waals surface area contributed by atoms with E-state index in [9.17, 15) is 14.7 Å². The Bertz CT molecular complexity index is 821. The molecule has 0 unspecified atom stereocenters. The second-order valence-corrected chi connectivity index (χ2v) is 7.35. The first kappa shape index (κ1) is 20.2. The van der Waals surface area contributed by atoms with Crippen molar-refractivity contribution in [3.8, 4) is 0 Å². The molecule has 28 heavy (non-hydrogen) atoms. The number of carbonyl (C=O) groups is 2. The fourth-order valence-corrected chi connectivity index (χ4v) is 3.90. The zero-order valence-electron chi connectivity index (χ0n) is 15.9. The fourth-order valence-electron chi connectivity index (χ4n) is 3.90. The molecule has 7 nitrogen and oxygen atoms in total. The predicted molar refractivity (Wildman–Crippen MR) is 108 cm³/mol. The number of aromatic nitrogens is 1. The molecule has 1 amide bonds. The number of carbonyl (C=O) groups excluding carboxylic acids is 1. The van der Waals surface area contributed by atoms with E-state index in [-0.39, 0.29) is 11.9 Å². The number of pyridine rings is 1. The molecule has 150 valence electrons. The van der Waals surface area contributed by atoms with E-state index in [1.165, 1.54) is 0 Å². The summed E-state index contributed by atoms with van der Waals surface area (Å²) < 4.78 is 0. The molecule has 7 heteroatoms. The van der Waals surface area contributed by atoms with Crippen LogP contribution in [0.15, 0.2) is 36.5 Å². The van der Waals surface area contributed by atoms with Crippen LogP contribution in [0.4, 0.5) is 0 Å². The Morgan fingerprint density at radius 2 is 2.07 bits per heavy atom. The van der Waals surface area contributed by atoms with Gasteiger partial charge in [-0.1, -0.05) is 30.7 Å². The first-order valence-electron chi connectivity index (χ1n) is 9.89. The van der Waals surface area contributed by atoms with Gasteiger partial charge in [0.2, 0.25) is 5.91 Å². The third-order valence-corrected chi connectivity index (χ3v) is 5.43. The number of nitrogens with zero attached hydrogens (tertiary/aromatic N) is 1. The van der Waals surface area contributed by atoms with Gasteiger partial charge in [-0.2, -0.15) is 0 Å². The maximum atomic E-state index is 12.8. The molecule has 1 aliphatic rings. The standard InChI is InChI=1S/C21H28N4O3/c22-11-3-10-18(20(26)25-17-9-2-8-16(17)21(27)28)24-13-15-6-1-5-14-7-4-12-23-19(14)15/h1,4-7,12,16-18,24H,2-3,8-11,13,22H2,(H,25,26)(H,27,28)/t16-,17+,18+/m1/s1. The molecule has 0 saturated heterocycles. The lowest BCUT2D eigenvalue weighted by molar-refractivity contribution is -0.142. The quantitative estimate of drug-likeness (QED) is 0.524. The van der Waals surface area contributed by atoms with Gasteiger partial charge in [-0.15, -0.1) is 0 Å². The van der Waals surface area contributed by atoms with E-state index in [1.54, 1.807) is 6.20 Å². The van der Waals surface area contributed by atoms with Gasteiger partial charge in [-0.25, -0.2) is 0 Å². The summed E-state index contributed by atoms with van der Waals surface area (Å²) in [7, 11) is 0. The Labute approximate surface area is 164 Å². The monoisotopic (exact) mass is 384 g/mol. The fraction of sp³-hybridized carbons (Fsp3) is 0.476. The summed E-state index contributed by atoms with van der Waals surface area (Å²) in [6.07, 6.45) is 5.22. The van der Waals surface area contributed by atoms with Crippen molar-refractivity contribution in [2.45, 2.75) is 50.7 Å². The van der Waals surface area contributed by atoms with Crippen molar-refractivity contribution in [2.75, 3.05) is 6.54 Å². The van der Waals surface area contributed by atoms with Crippen LogP contribution in [0, 0.1) is 5.92 Å². The maximum Gasteiger partial charge on any atom is 0.308 e. The largest absolute Gasteiger partial charge is 0.481 e. The molecule has 1 saturated carbocycles. The van der Waals surface area contributed by atoms with E-state index >= 15 is 0 Å². The van der Waals surface area contributed by atoms with Crippen molar-refractivity contribution in [1.82, 2.24) is 15.6 Å². The van der Waals surface area contributed by atoms with Crippen molar-refractivity contribution < 1.29 is 14.7 Å².